The maximum absolute atomic E-state index is 4.38. The molecule has 4 heteroatoms. The lowest BCUT2D eigenvalue weighted by molar-refractivity contribution is 0.547. The summed E-state index contributed by atoms with van der Waals surface area (Å²) in [5.41, 5.74) is 2.46. The summed E-state index contributed by atoms with van der Waals surface area (Å²) in [6, 6.07) is 10.9. The first kappa shape index (κ1) is 13.3. The van der Waals surface area contributed by atoms with Crippen molar-refractivity contribution in [2.24, 2.45) is 0 Å². The third kappa shape index (κ3) is 3.68. The maximum Gasteiger partial charge on any atom is 0.0663 e. The maximum atomic E-state index is 4.38. The zero-order valence-electron chi connectivity index (χ0n) is 10.7. The van der Waals surface area contributed by atoms with Crippen molar-refractivity contribution in [3.8, 4) is 0 Å². The molecule has 0 atom stereocenters. The first-order valence-electron chi connectivity index (χ1n) is 6.13. The van der Waals surface area contributed by atoms with Crippen LogP contribution in [0.3, 0.4) is 0 Å². The second-order valence-electron chi connectivity index (χ2n) is 4.65. The van der Waals surface area contributed by atoms with Crippen molar-refractivity contribution in [3.63, 3.8) is 0 Å². The van der Waals surface area contributed by atoms with Gasteiger partial charge in [-0.2, -0.15) is 5.10 Å². The average Bonchev–Trinajstić information content (AvgIpc) is 2.74. The van der Waals surface area contributed by atoms with Gasteiger partial charge in [-0.1, -0.05) is 41.9 Å². The summed E-state index contributed by atoms with van der Waals surface area (Å²) in [5.74, 6) is 0. The Balaban J connectivity index is 2.07. The van der Waals surface area contributed by atoms with E-state index in [2.05, 4.69) is 64.5 Å². The van der Waals surface area contributed by atoms with Crippen LogP contribution in [-0.4, -0.2) is 15.8 Å². The minimum atomic E-state index is 0.485. The van der Waals surface area contributed by atoms with Gasteiger partial charge in [0.05, 0.1) is 12.2 Å². The fraction of sp³-hybridized carbons (Fsp3) is 0.357. The monoisotopic (exact) mass is 307 g/mol. The van der Waals surface area contributed by atoms with E-state index in [0.29, 0.717) is 6.04 Å². The highest BCUT2D eigenvalue weighted by Gasteiger charge is 2.04. The quantitative estimate of drug-likeness (QED) is 0.919. The van der Waals surface area contributed by atoms with Crippen LogP contribution in [0, 0.1) is 0 Å². The van der Waals surface area contributed by atoms with Crippen LogP contribution in [0.5, 0.6) is 0 Å². The summed E-state index contributed by atoms with van der Waals surface area (Å²) in [6.45, 7) is 5.96. The van der Waals surface area contributed by atoms with Crippen LogP contribution in [0.1, 0.15) is 25.1 Å². The molecule has 18 heavy (non-hydrogen) atoms. The largest absolute Gasteiger partial charge is 0.309 e. The number of nitrogens with zero attached hydrogens (tertiary/aromatic N) is 2. The molecule has 1 aromatic heterocycles. The van der Waals surface area contributed by atoms with E-state index < -0.39 is 0 Å². The van der Waals surface area contributed by atoms with Gasteiger partial charge in [0.1, 0.15) is 0 Å². The molecule has 0 aliphatic rings. The van der Waals surface area contributed by atoms with Crippen LogP contribution < -0.4 is 5.32 Å². The summed E-state index contributed by atoms with van der Waals surface area (Å²) < 4.78 is 3.14. The van der Waals surface area contributed by atoms with Crippen molar-refractivity contribution in [1.82, 2.24) is 15.1 Å². The van der Waals surface area contributed by atoms with Gasteiger partial charge < -0.3 is 5.32 Å². The Bertz CT molecular complexity index is 505. The second kappa shape index (κ2) is 6.16. The van der Waals surface area contributed by atoms with E-state index in [1.54, 1.807) is 0 Å². The van der Waals surface area contributed by atoms with E-state index in [9.17, 15) is 0 Å². The smallest absolute Gasteiger partial charge is 0.0663 e. The van der Waals surface area contributed by atoms with Crippen LogP contribution in [-0.2, 0) is 13.1 Å². The summed E-state index contributed by atoms with van der Waals surface area (Å²) in [4.78, 5) is 0. The van der Waals surface area contributed by atoms with Gasteiger partial charge in [-0.05, 0) is 23.8 Å². The summed E-state index contributed by atoms with van der Waals surface area (Å²) in [5, 5.41) is 7.80. The third-order valence-corrected chi connectivity index (χ3v) is 3.21. The topological polar surface area (TPSA) is 29.9 Å². The molecular formula is C14H18BrN3. The Morgan fingerprint density at radius 2 is 2.17 bits per heavy atom. The number of hydrogen-bond acceptors (Lipinski definition) is 2. The number of aromatic nitrogens is 2. The molecule has 0 spiro atoms. The minimum absolute atomic E-state index is 0.485. The molecule has 1 aromatic carbocycles. The number of rotatable bonds is 5. The second-order valence-corrected chi connectivity index (χ2v) is 5.56. The molecule has 0 saturated carbocycles. The molecule has 0 bridgehead atoms. The highest BCUT2D eigenvalue weighted by molar-refractivity contribution is 9.10. The van der Waals surface area contributed by atoms with E-state index in [-0.39, 0.29) is 0 Å². The first-order valence-corrected chi connectivity index (χ1v) is 6.93. The van der Waals surface area contributed by atoms with Gasteiger partial charge in [0.15, 0.2) is 0 Å². The van der Waals surface area contributed by atoms with Crippen molar-refractivity contribution in [2.75, 3.05) is 0 Å². The van der Waals surface area contributed by atoms with Gasteiger partial charge in [-0.25, -0.2) is 0 Å². The lowest BCUT2D eigenvalue weighted by Gasteiger charge is -2.11. The lowest BCUT2D eigenvalue weighted by atomic mass is 10.2. The van der Waals surface area contributed by atoms with Crippen LogP contribution in [0.2, 0.25) is 0 Å². The molecule has 0 aliphatic heterocycles. The number of nitrogens with one attached hydrogen (secondary N) is 1. The highest BCUT2D eigenvalue weighted by atomic mass is 79.9. The standard InChI is InChI=1S/C14H18BrN3/c1-11(2)16-9-14-6-7-17-18(14)10-12-4-3-5-13(15)8-12/h3-8,11,16H,9-10H2,1-2H3. The van der Waals surface area contributed by atoms with Crippen LogP contribution in [0.15, 0.2) is 41.0 Å². The van der Waals surface area contributed by atoms with Crippen LogP contribution in [0.25, 0.3) is 0 Å². The third-order valence-electron chi connectivity index (χ3n) is 2.72. The summed E-state index contributed by atoms with van der Waals surface area (Å²) in [7, 11) is 0. The molecule has 3 nitrogen and oxygen atoms in total. The van der Waals surface area contributed by atoms with Crippen molar-refractivity contribution >= 4 is 15.9 Å². The van der Waals surface area contributed by atoms with E-state index in [1.165, 1.54) is 11.3 Å². The molecule has 2 aromatic rings. The predicted molar refractivity (Wildman–Crippen MR) is 77.4 cm³/mol. The molecule has 2 rings (SSSR count). The van der Waals surface area contributed by atoms with Crippen LogP contribution in [0.4, 0.5) is 0 Å². The van der Waals surface area contributed by atoms with Gasteiger partial charge in [0, 0.05) is 23.3 Å². The summed E-state index contributed by atoms with van der Waals surface area (Å²) in [6.07, 6.45) is 1.86. The summed E-state index contributed by atoms with van der Waals surface area (Å²) >= 11 is 3.49. The molecule has 1 heterocycles. The number of benzene rings is 1. The van der Waals surface area contributed by atoms with Crippen molar-refractivity contribution < 1.29 is 0 Å². The Morgan fingerprint density at radius 3 is 2.89 bits per heavy atom. The van der Waals surface area contributed by atoms with Crippen molar-refractivity contribution in [1.29, 1.82) is 0 Å². The normalized spacial score (nSPS) is 11.1. The van der Waals surface area contributed by atoms with Gasteiger partial charge in [0.25, 0.3) is 0 Å². The average molecular weight is 308 g/mol. The molecule has 0 saturated heterocycles. The molecule has 0 aliphatic carbocycles. The predicted octanol–water partition coefficient (Wildman–Crippen LogP) is 3.19. The zero-order chi connectivity index (χ0) is 13.0. The first-order chi connectivity index (χ1) is 8.65. The van der Waals surface area contributed by atoms with Crippen molar-refractivity contribution in [2.45, 2.75) is 33.0 Å². The zero-order valence-corrected chi connectivity index (χ0v) is 12.3. The molecule has 96 valence electrons. The number of halogens is 1. The Hall–Kier alpha value is -1.13. The van der Waals surface area contributed by atoms with E-state index in [1.807, 2.05) is 16.9 Å². The fourth-order valence-corrected chi connectivity index (χ4v) is 2.22. The minimum Gasteiger partial charge on any atom is -0.309 e. The SMILES string of the molecule is CC(C)NCc1ccnn1Cc1cccc(Br)c1. The van der Waals surface area contributed by atoms with Gasteiger partial charge in [-0.3, -0.25) is 4.68 Å². The molecule has 1 N–H and O–H groups in total. The Morgan fingerprint density at radius 1 is 1.33 bits per heavy atom. The Kier molecular flexibility index (Phi) is 4.55. The van der Waals surface area contributed by atoms with Crippen molar-refractivity contribution in [3.05, 3.63) is 52.3 Å². The lowest BCUT2D eigenvalue weighted by Crippen LogP contribution is -2.23. The van der Waals surface area contributed by atoms with Gasteiger partial charge in [0.2, 0.25) is 0 Å². The molecule has 0 unspecified atom stereocenters. The fourth-order valence-electron chi connectivity index (χ4n) is 1.77. The Labute approximate surface area is 116 Å². The highest BCUT2D eigenvalue weighted by Crippen LogP contribution is 2.13. The van der Waals surface area contributed by atoms with Crippen LogP contribution >= 0.6 is 15.9 Å². The molecule has 0 fully saturated rings. The number of hydrogen-bond donors (Lipinski definition) is 1. The molecule has 0 radical (unpaired) electrons. The van der Waals surface area contributed by atoms with Gasteiger partial charge >= 0.3 is 0 Å². The molecule has 0 amide bonds. The van der Waals surface area contributed by atoms with E-state index in [0.717, 1.165) is 17.6 Å². The van der Waals surface area contributed by atoms with E-state index >= 15 is 0 Å². The van der Waals surface area contributed by atoms with E-state index in [4.69, 9.17) is 0 Å². The van der Waals surface area contributed by atoms with Gasteiger partial charge in [-0.15, -0.1) is 0 Å². The molecular weight excluding hydrogens is 290 g/mol.